The first kappa shape index (κ1) is 15.6. The lowest BCUT2D eigenvalue weighted by atomic mass is 10.1. The van der Waals surface area contributed by atoms with Crippen molar-refractivity contribution in [1.29, 1.82) is 0 Å². The first-order valence-corrected chi connectivity index (χ1v) is 9.15. The summed E-state index contributed by atoms with van der Waals surface area (Å²) in [5.74, 6) is 1.05. The summed E-state index contributed by atoms with van der Waals surface area (Å²) in [6.45, 7) is 0.206. The van der Waals surface area contributed by atoms with E-state index in [0.29, 0.717) is 24.5 Å². The minimum absolute atomic E-state index is 0.00973. The van der Waals surface area contributed by atoms with Crippen LogP contribution < -0.4 is 5.32 Å². The molecule has 0 aromatic heterocycles. The van der Waals surface area contributed by atoms with E-state index in [-0.39, 0.29) is 36.4 Å². The number of rotatable bonds is 4. The summed E-state index contributed by atoms with van der Waals surface area (Å²) in [6.07, 6.45) is 5.29. The first-order chi connectivity index (χ1) is 10.6. The Bertz CT molecular complexity index is 464. The van der Waals surface area contributed by atoms with Gasteiger partial charge in [-0.2, -0.15) is 0 Å². The molecule has 0 bridgehead atoms. The Morgan fingerprint density at radius 1 is 1.27 bits per heavy atom. The molecule has 122 valence electrons. The van der Waals surface area contributed by atoms with E-state index in [2.05, 4.69) is 5.32 Å². The highest BCUT2D eigenvalue weighted by Crippen LogP contribution is 2.31. The van der Waals surface area contributed by atoms with E-state index in [4.69, 9.17) is 4.74 Å². The molecule has 0 aromatic rings. The van der Waals surface area contributed by atoms with Gasteiger partial charge in [-0.15, -0.1) is 11.8 Å². The third kappa shape index (κ3) is 3.39. The number of nitrogens with zero attached hydrogens (tertiary/aromatic N) is 1. The molecule has 3 rings (SSSR count). The molecule has 22 heavy (non-hydrogen) atoms. The van der Waals surface area contributed by atoms with Crippen molar-refractivity contribution in [2.75, 3.05) is 18.2 Å². The molecule has 6 nitrogen and oxygen atoms in total. The number of hydrogen-bond acceptors (Lipinski definition) is 5. The van der Waals surface area contributed by atoms with Crippen LogP contribution in [0.25, 0.3) is 0 Å². The Balaban J connectivity index is 1.52. The second-order valence-corrected chi connectivity index (χ2v) is 7.24. The van der Waals surface area contributed by atoms with Gasteiger partial charge in [0.05, 0.1) is 11.9 Å². The van der Waals surface area contributed by atoms with Crippen LogP contribution in [0.3, 0.4) is 0 Å². The number of esters is 1. The van der Waals surface area contributed by atoms with Gasteiger partial charge < -0.3 is 15.0 Å². The molecular weight excluding hydrogens is 304 g/mol. The Morgan fingerprint density at radius 2 is 2.05 bits per heavy atom. The largest absolute Gasteiger partial charge is 0.462 e. The molecule has 2 amide bonds. The van der Waals surface area contributed by atoms with E-state index in [0.717, 1.165) is 25.7 Å². The highest BCUT2D eigenvalue weighted by atomic mass is 32.2. The Kier molecular flexibility index (Phi) is 4.90. The van der Waals surface area contributed by atoms with Crippen molar-refractivity contribution in [2.45, 2.75) is 50.6 Å². The molecule has 2 heterocycles. The average molecular weight is 326 g/mol. The number of thioether (sulfide) groups is 1. The van der Waals surface area contributed by atoms with Gasteiger partial charge in [-0.3, -0.25) is 9.59 Å². The summed E-state index contributed by atoms with van der Waals surface area (Å²) in [4.78, 5) is 37.6. The minimum atomic E-state index is -0.463. The van der Waals surface area contributed by atoms with Gasteiger partial charge in [0.1, 0.15) is 12.6 Å². The topological polar surface area (TPSA) is 75.7 Å². The first-order valence-electron chi connectivity index (χ1n) is 7.99. The number of hydrogen-bond donors (Lipinski definition) is 1. The van der Waals surface area contributed by atoms with Crippen molar-refractivity contribution in [3.05, 3.63) is 0 Å². The molecule has 0 aromatic carbocycles. The van der Waals surface area contributed by atoms with Crippen LogP contribution in [0, 0.1) is 5.92 Å². The molecular formula is C15H22N2O4S. The van der Waals surface area contributed by atoms with Crippen molar-refractivity contribution in [1.82, 2.24) is 10.2 Å². The molecule has 3 aliphatic rings. The van der Waals surface area contributed by atoms with E-state index in [1.165, 1.54) is 0 Å². The fourth-order valence-electron chi connectivity index (χ4n) is 3.34. The zero-order chi connectivity index (χ0) is 15.5. The molecule has 7 heteroatoms. The van der Waals surface area contributed by atoms with Gasteiger partial charge >= 0.3 is 5.97 Å². The summed E-state index contributed by atoms with van der Waals surface area (Å²) < 4.78 is 5.34. The molecule has 1 N–H and O–H groups in total. The van der Waals surface area contributed by atoms with E-state index in [1.807, 2.05) is 0 Å². The quantitative estimate of drug-likeness (QED) is 0.777. The third-order valence-electron chi connectivity index (χ3n) is 4.65. The normalized spacial score (nSPS) is 28.9. The lowest BCUT2D eigenvalue weighted by Crippen LogP contribution is -2.45. The van der Waals surface area contributed by atoms with Crippen molar-refractivity contribution >= 4 is 29.5 Å². The molecule has 1 saturated carbocycles. The number of carbonyl (C=O) groups is 3. The summed E-state index contributed by atoms with van der Waals surface area (Å²) in [7, 11) is 0. The van der Waals surface area contributed by atoms with Crippen LogP contribution in [0.15, 0.2) is 0 Å². The van der Waals surface area contributed by atoms with Crippen LogP contribution in [0.4, 0.5) is 0 Å². The molecule has 2 atom stereocenters. The molecule has 0 unspecified atom stereocenters. The second-order valence-electron chi connectivity index (χ2n) is 6.24. The summed E-state index contributed by atoms with van der Waals surface area (Å²) in [6, 6.07) is -0.542. The van der Waals surface area contributed by atoms with Crippen LogP contribution in [0.2, 0.25) is 0 Å². The van der Waals surface area contributed by atoms with Crippen LogP contribution in [0.5, 0.6) is 0 Å². The van der Waals surface area contributed by atoms with E-state index in [9.17, 15) is 14.4 Å². The summed E-state index contributed by atoms with van der Waals surface area (Å²) >= 11 is 1.60. The molecule has 0 radical (unpaired) electrons. The zero-order valence-corrected chi connectivity index (χ0v) is 13.4. The van der Waals surface area contributed by atoms with Crippen molar-refractivity contribution in [3.8, 4) is 0 Å². The highest BCUT2D eigenvalue weighted by molar-refractivity contribution is 7.99. The van der Waals surface area contributed by atoms with Gasteiger partial charge in [-0.1, -0.05) is 12.8 Å². The van der Waals surface area contributed by atoms with E-state index < -0.39 is 6.04 Å². The molecule has 2 aliphatic heterocycles. The molecule has 3 fully saturated rings. The van der Waals surface area contributed by atoms with Crippen LogP contribution in [-0.4, -0.2) is 53.0 Å². The average Bonchev–Trinajstić information content (AvgIpc) is 3.25. The fourth-order valence-corrected chi connectivity index (χ4v) is 4.49. The number of nitrogens with one attached hydrogen (secondary N) is 1. The minimum Gasteiger partial charge on any atom is -0.462 e. The lowest BCUT2D eigenvalue weighted by Gasteiger charge is -2.25. The van der Waals surface area contributed by atoms with Crippen molar-refractivity contribution in [2.24, 2.45) is 5.92 Å². The van der Waals surface area contributed by atoms with Gasteiger partial charge in [0.15, 0.2) is 0 Å². The number of carbonyl (C=O) groups excluding carboxylic acids is 3. The smallest absolute Gasteiger partial charge is 0.329 e. The van der Waals surface area contributed by atoms with Crippen LogP contribution in [0.1, 0.15) is 38.5 Å². The van der Waals surface area contributed by atoms with Gasteiger partial charge in [0, 0.05) is 18.1 Å². The predicted octanol–water partition coefficient (Wildman–Crippen LogP) is 0.900. The van der Waals surface area contributed by atoms with Gasteiger partial charge in [-0.05, 0) is 19.3 Å². The van der Waals surface area contributed by atoms with Crippen molar-refractivity contribution < 1.29 is 19.1 Å². The van der Waals surface area contributed by atoms with Gasteiger partial charge in [0.25, 0.3) is 0 Å². The Labute approximate surface area is 134 Å². The molecule has 1 aliphatic carbocycles. The molecule has 2 saturated heterocycles. The highest BCUT2D eigenvalue weighted by Gasteiger charge is 2.39. The van der Waals surface area contributed by atoms with Crippen molar-refractivity contribution in [3.63, 3.8) is 0 Å². The van der Waals surface area contributed by atoms with Crippen LogP contribution >= 0.6 is 11.8 Å². The maximum Gasteiger partial charge on any atom is 0.329 e. The standard InChI is InChI=1S/C15H22N2O4S/c18-13-6-5-11(16-13)7-21-15(20)12-8-22-9-17(12)14(19)10-3-1-2-4-10/h10-12H,1-9H2,(H,16,18)/t11-,12+/m1/s1. The summed E-state index contributed by atoms with van der Waals surface area (Å²) in [5.41, 5.74) is 0. The monoisotopic (exact) mass is 326 g/mol. The summed E-state index contributed by atoms with van der Waals surface area (Å²) in [5, 5.41) is 2.78. The van der Waals surface area contributed by atoms with Crippen LogP contribution in [-0.2, 0) is 19.1 Å². The van der Waals surface area contributed by atoms with E-state index >= 15 is 0 Å². The maximum atomic E-state index is 12.5. The van der Waals surface area contributed by atoms with Gasteiger partial charge in [-0.25, -0.2) is 4.79 Å². The molecule has 0 spiro atoms. The Hall–Kier alpha value is -1.24. The lowest BCUT2D eigenvalue weighted by molar-refractivity contribution is -0.154. The fraction of sp³-hybridized carbons (Fsp3) is 0.800. The predicted molar refractivity (Wildman–Crippen MR) is 82.0 cm³/mol. The Morgan fingerprint density at radius 3 is 2.73 bits per heavy atom. The SMILES string of the molecule is O=C1CC[C@H](COC(=O)[C@@H]2CSCN2C(=O)C2CCCC2)N1. The second kappa shape index (κ2) is 6.89. The van der Waals surface area contributed by atoms with Gasteiger partial charge in [0.2, 0.25) is 11.8 Å². The number of amides is 2. The maximum absolute atomic E-state index is 12.5. The number of ether oxygens (including phenoxy) is 1. The third-order valence-corrected chi connectivity index (χ3v) is 5.67. The zero-order valence-electron chi connectivity index (χ0n) is 12.6. The van der Waals surface area contributed by atoms with E-state index in [1.54, 1.807) is 16.7 Å².